The number of non-ortho nitro benzene ring substituents is 1. The van der Waals surface area contributed by atoms with Crippen LogP contribution in [0.1, 0.15) is 0 Å². The van der Waals surface area contributed by atoms with Crippen LogP contribution in [-0.4, -0.2) is 43.3 Å². The van der Waals surface area contributed by atoms with Gasteiger partial charge < -0.3 is 4.90 Å². The van der Waals surface area contributed by atoms with Gasteiger partial charge >= 0.3 is 0 Å². The Hall–Kier alpha value is -0.670. The van der Waals surface area contributed by atoms with Gasteiger partial charge in [-0.3, -0.25) is 10.1 Å². The molecule has 0 aromatic heterocycles. The summed E-state index contributed by atoms with van der Waals surface area (Å²) < 4.78 is 23.7. The Balaban J connectivity index is 3.40. The van der Waals surface area contributed by atoms with Gasteiger partial charge in [-0.15, -0.1) is 0 Å². The molecule has 20 heavy (non-hydrogen) atoms. The molecule has 0 N–H and O–H groups in total. The van der Waals surface area contributed by atoms with E-state index in [2.05, 4.69) is 31.9 Å². The van der Waals surface area contributed by atoms with Gasteiger partial charge in [0.25, 0.3) is 5.69 Å². The number of nitro benzene ring substituents is 1. The van der Waals surface area contributed by atoms with E-state index in [1.165, 1.54) is 12.1 Å². The number of sulfone groups is 1. The molecule has 0 radical (unpaired) electrons. The van der Waals surface area contributed by atoms with Crippen molar-refractivity contribution in [3.8, 4) is 0 Å². The lowest BCUT2D eigenvalue weighted by molar-refractivity contribution is -0.385. The lowest BCUT2D eigenvalue weighted by Gasteiger charge is -2.25. The summed E-state index contributed by atoms with van der Waals surface area (Å²) in [5.74, 6) is 0. The smallest absolute Gasteiger partial charge is 0.270 e. The van der Waals surface area contributed by atoms with Gasteiger partial charge in [0.2, 0.25) is 0 Å². The quantitative estimate of drug-likeness (QED) is 0.378. The zero-order chi connectivity index (χ0) is 15.3. The summed E-state index contributed by atoms with van der Waals surface area (Å²) in [6.07, 6.45) is 1.05. The van der Waals surface area contributed by atoms with E-state index in [1.807, 2.05) is 4.90 Å². The molecule has 0 saturated heterocycles. The zero-order valence-electron chi connectivity index (χ0n) is 10.8. The van der Waals surface area contributed by atoms with Crippen LogP contribution in [0.4, 0.5) is 11.4 Å². The van der Waals surface area contributed by atoms with E-state index >= 15 is 0 Å². The third-order valence-electron chi connectivity index (χ3n) is 2.60. The van der Waals surface area contributed by atoms with E-state index in [-0.39, 0.29) is 10.6 Å². The number of hydrogen-bond donors (Lipinski definition) is 0. The summed E-state index contributed by atoms with van der Waals surface area (Å²) in [5, 5.41) is 12.1. The number of halogens is 2. The molecule has 0 aliphatic carbocycles. The predicted molar refractivity (Wildman–Crippen MR) is 86.0 cm³/mol. The molecule has 1 rings (SSSR count). The summed E-state index contributed by atoms with van der Waals surface area (Å²) in [5.41, 5.74) is 0.254. The van der Waals surface area contributed by atoms with Crippen LogP contribution in [0, 0.1) is 10.1 Å². The van der Waals surface area contributed by atoms with E-state index in [9.17, 15) is 18.5 Å². The Labute approximate surface area is 134 Å². The van der Waals surface area contributed by atoms with Crippen molar-refractivity contribution in [1.82, 2.24) is 0 Å². The molecule has 0 spiro atoms. The van der Waals surface area contributed by atoms with Gasteiger partial charge in [0.05, 0.1) is 15.5 Å². The second kappa shape index (κ2) is 7.37. The minimum Gasteiger partial charge on any atom is -0.369 e. The highest BCUT2D eigenvalue weighted by Crippen LogP contribution is 2.29. The third-order valence-corrected chi connectivity index (χ3v) is 4.44. The van der Waals surface area contributed by atoms with E-state index in [4.69, 9.17) is 0 Å². The standard InChI is InChI=1S/C11H14Br2N2O4S/c1-20(18,19)11-8-9(15(16)17)2-3-10(11)14(6-4-12)7-5-13/h2-3,8H,4-7H2,1H3. The summed E-state index contributed by atoms with van der Waals surface area (Å²) in [4.78, 5) is 12.0. The monoisotopic (exact) mass is 428 g/mol. The molecule has 6 nitrogen and oxygen atoms in total. The fraction of sp³-hybridized carbons (Fsp3) is 0.455. The highest BCUT2D eigenvalue weighted by Gasteiger charge is 2.21. The van der Waals surface area contributed by atoms with Gasteiger partial charge in [0.1, 0.15) is 0 Å². The van der Waals surface area contributed by atoms with Gasteiger partial charge in [-0.05, 0) is 6.07 Å². The number of rotatable bonds is 7. The van der Waals surface area contributed by atoms with Gasteiger partial charge in [0.15, 0.2) is 9.84 Å². The van der Waals surface area contributed by atoms with Gasteiger partial charge in [-0.1, -0.05) is 31.9 Å². The number of anilines is 1. The Morgan fingerprint density at radius 1 is 1.25 bits per heavy atom. The number of alkyl halides is 2. The van der Waals surface area contributed by atoms with Gasteiger partial charge in [-0.2, -0.15) is 0 Å². The Morgan fingerprint density at radius 3 is 2.20 bits per heavy atom. The van der Waals surface area contributed by atoms with Crippen LogP contribution in [0.2, 0.25) is 0 Å². The third kappa shape index (κ3) is 4.42. The molecule has 0 unspecified atom stereocenters. The minimum absolute atomic E-state index is 0.0198. The number of hydrogen-bond acceptors (Lipinski definition) is 5. The van der Waals surface area contributed by atoms with Gasteiger partial charge in [-0.25, -0.2) is 8.42 Å². The number of nitrogens with zero attached hydrogens (tertiary/aromatic N) is 2. The second-order valence-corrected chi connectivity index (χ2v) is 7.62. The highest BCUT2D eigenvalue weighted by molar-refractivity contribution is 9.09. The molecule has 0 aliphatic rings. The lowest BCUT2D eigenvalue weighted by Crippen LogP contribution is -2.28. The molecule has 0 amide bonds. The fourth-order valence-corrected chi connectivity index (χ4v) is 3.50. The lowest BCUT2D eigenvalue weighted by atomic mass is 10.2. The molecule has 0 aliphatic heterocycles. The fourth-order valence-electron chi connectivity index (χ4n) is 1.73. The maximum absolute atomic E-state index is 11.9. The Morgan fingerprint density at radius 2 is 1.80 bits per heavy atom. The van der Waals surface area contributed by atoms with Crippen LogP contribution < -0.4 is 4.90 Å². The topological polar surface area (TPSA) is 80.5 Å². The van der Waals surface area contributed by atoms with Crippen LogP contribution in [-0.2, 0) is 9.84 Å². The summed E-state index contributed by atoms with van der Waals surface area (Å²) in [6, 6.07) is 3.92. The first-order valence-electron chi connectivity index (χ1n) is 5.66. The van der Waals surface area contributed by atoms with Crippen LogP contribution in [0.15, 0.2) is 23.1 Å². The predicted octanol–water partition coefficient (Wildman–Crippen LogP) is 2.59. The maximum atomic E-state index is 11.9. The molecule has 9 heteroatoms. The average molecular weight is 430 g/mol. The molecular formula is C11H14Br2N2O4S. The van der Waals surface area contributed by atoms with Gasteiger partial charge in [0, 0.05) is 42.1 Å². The van der Waals surface area contributed by atoms with E-state index in [0.717, 1.165) is 12.3 Å². The average Bonchev–Trinajstić information content (AvgIpc) is 2.36. The van der Waals surface area contributed by atoms with Crippen LogP contribution >= 0.6 is 31.9 Å². The number of benzene rings is 1. The van der Waals surface area contributed by atoms with Crippen molar-refractivity contribution in [2.75, 3.05) is 34.9 Å². The molecule has 0 saturated carbocycles. The molecule has 0 atom stereocenters. The zero-order valence-corrected chi connectivity index (χ0v) is 14.7. The van der Waals surface area contributed by atoms with E-state index in [1.54, 1.807) is 0 Å². The second-order valence-electron chi connectivity index (χ2n) is 4.05. The number of nitro groups is 1. The van der Waals surface area contributed by atoms with E-state index in [0.29, 0.717) is 29.4 Å². The minimum atomic E-state index is -3.55. The normalized spacial score (nSPS) is 11.3. The summed E-state index contributed by atoms with van der Waals surface area (Å²) >= 11 is 6.63. The van der Waals surface area contributed by atoms with Crippen molar-refractivity contribution >= 4 is 53.1 Å². The largest absolute Gasteiger partial charge is 0.369 e. The Kier molecular flexibility index (Phi) is 6.41. The highest BCUT2D eigenvalue weighted by atomic mass is 79.9. The van der Waals surface area contributed by atoms with E-state index < -0.39 is 14.8 Å². The maximum Gasteiger partial charge on any atom is 0.270 e. The van der Waals surface area contributed by atoms with Crippen LogP contribution in [0.3, 0.4) is 0 Å². The van der Waals surface area contributed by atoms with Crippen molar-refractivity contribution in [3.05, 3.63) is 28.3 Å². The first-order valence-corrected chi connectivity index (χ1v) is 9.80. The van der Waals surface area contributed by atoms with Crippen LogP contribution in [0.5, 0.6) is 0 Å². The van der Waals surface area contributed by atoms with Crippen molar-refractivity contribution in [2.24, 2.45) is 0 Å². The first kappa shape index (κ1) is 17.4. The van der Waals surface area contributed by atoms with Crippen molar-refractivity contribution in [1.29, 1.82) is 0 Å². The van der Waals surface area contributed by atoms with Crippen molar-refractivity contribution in [3.63, 3.8) is 0 Å². The van der Waals surface area contributed by atoms with Crippen LogP contribution in [0.25, 0.3) is 0 Å². The molecular weight excluding hydrogens is 416 g/mol. The molecule has 0 heterocycles. The molecule has 1 aromatic carbocycles. The summed E-state index contributed by atoms with van der Waals surface area (Å²) in [7, 11) is -3.55. The molecule has 1 aromatic rings. The van der Waals surface area contributed by atoms with Crippen molar-refractivity contribution < 1.29 is 13.3 Å². The molecule has 112 valence electrons. The first-order chi connectivity index (χ1) is 9.31. The molecule has 0 fully saturated rings. The Bertz CT molecular complexity index is 586. The van der Waals surface area contributed by atoms with Crippen molar-refractivity contribution in [2.45, 2.75) is 4.90 Å². The SMILES string of the molecule is CS(=O)(=O)c1cc([N+](=O)[O-])ccc1N(CCBr)CCBr. The molecule has 0 bridgehead atoms. The summed E-state index contributed by atoms with van der Waals surface area (Å²) in [6.45, 7) is 1.21.